The minimum Gasteiger partial charge on any atom is -0.507 e. The Labute approximate surface area is 189 Å². The molecule has 1 aromatic carbocycles. The van der Waals surface area contributed by atoms with Crippen molar-refractivity contribution in [2.24, 2.45) is 0 Å². The lowest BCUT2D eigenvalue weighted by Gasteiger charge is -2.34. The van der Waals surface area contributed by atoms with Gasteiger partial charge >= 0.3 is 12.1 Å². The van der Waals surface area contributed by atoms with Gasteiger partial charge in [-0.15, -0.1) is 0 Å². The van der Waals surface area contributed by atoms with Gasteiger partial charge in [-0.25, -0.2) is 4.79 Å². The standard InChI is InChI=1S/C19H20N2O6.C2HF3O2/c1-9-5-11(20-27-9)16-7-14(24)18-13(23)6-12(22)17(19(18)26-16)10-3-4-21(2)8-15(10)25;3-2(4,5)1(6)7/h5-7,10,15,22-23,25H,3-4,8H2,1-2H3;(H,6,7)/t10-,15+;/m0./s1. The topological polar surface area (TPSA) is 157 Å². The SMILES string of the molecule is Cc1cc(-c2cc(=O)c3c(O)cc(O)c([C@H]4CCN(C)C[C@H]4O)c3o2)no1.O=C(O)C(F)(F)F. The van der Waals surface area contributed by atoms with Gasteiger partial charge < -0.3 is 34.3 Å². The number of aromatic nitrogens is 1. The second kappa shape index (κ2) is 9.35. The van der Waals surface area contributed by atoms with Gasteiger partial charge in [0.1, 0.15) is 33.9 Å². The Balaban J connectivity index is 0.000000406. The van der Waals surface area contributed by atoms with Crippen LogP contribution in [0, 0.1) is 6.92 Å². The minimum atomic E-state index is -5.08. The fourth-order valence-corrected chi connectivity index (χ4v) is 3.72. The zero-order valence-corrected chi connectivity index (χ0v) is 18.0. The highest BCUT2D eigenvalue weighted by molar-refractivity contribution is 5.89. The van der Waals surface area contributed by atoms with E-state index in [0.717, 1.165) is 12.6 Å². The lowest BCUT2D eigenvalue weighted by molar-refractivity contribution is -0.192. The first kappa shape index (κ1) is 25.1. The van der Waals surface area contributed by atoms with Gasteiger partial charge in [0, 0.05) is 36.2 Å². The highest BCUT2D eigenvalue weighted by Gasteiger charge is 2.38. The number of carbonyl (C=O) groups is 1. The number of aliphatic carboxylic acids is 1. The monoisotopic (exact) mass is 486 g/mol. The van der Waals surface area contributed by atoms with E-state index in [1.54, 1.807) is 13.0 Å². The lowest BCUT2D eigenvalue weighted by Crippen LogP contribution is -2.40. The van der Waals surface area contributed by atoms with E-state index in [-0.39, 0.29) is 28.2 Å². The Morgan fingerprint density at radius 3 is 2.38 bits per heavy atom. The summed E-state index contributed by atoms with van der Waals surface area (Å²) in [6.45, 7) is 2.86. The van der Waals surface area contributed by atoms with Gasteiger partial charge in [-0.1, -0.05) is 5.16 Å². The molecular weight excluding hydrogens is 465 g/mol. The summed E-state index contributed by atoms with van der Waals surface area (Å²) in [5.41, 5.74) is 0.254. The molecule has 1 aliphatic rings. The third-order valence-corrected chi connectivity index (χ3v) is 5.28. The number of halogens is 3. The maximum atomic E-state index is 12.6. The number of aryl methyl sites for hydroxylation is 1. The molecule has 4 N–H and O–H groups in total. The molecule has 0 unspecified atom stereocenters. The van der Waals surface area contributed by atoms with E-state index in [9.17, 15) is 33.3 Å². The number of hydrogen-bond donors (Lipinski definition) is 4. The number of β-amino-alcohol motifs (C(OH)–C–C–N with tert-alkyl or cyclic N) is 1. The summed E-state index contributed by atoms with van der Waals surface area (Å²) in [7, 11) is 1.90. The number of likely N-dealkylation sites (N-methyl/N-ethyl adjacent to an activating group) is 1. The number of piperidine rings is 1. The first-order valence-electron chi connectivity index (χ1n) is 9.92. The molecule has 3 heterocycles. The van der Waals surface area contributed by atoms with Gasteiger partial charge in [-0.3, -0.25) is 4.79 Å². The maximum Gasteiger partial charge on any atom is 0.490 e. The molecule has 3 aromatic rings. The quantitative estimate of drug-likeness (QED) is 0.424. The van der Waals surface area contributed by atoms with Crippen molar-refractivity contribution in [2.45, 2.75) is 31.5 Å². The summed E-state index contributed by atoms with van der Waals surface area (Å²) >= 11 is 0. The van der Waals surface area contributed by atoms with Crippen molar-refractivity contribution in [3.63, 3.8) is 0 Å². The van der Waals surface area contributed by atoms with Gasteiger partial charge in [0.15, 0.2) is 11.2 Å². The molecule has 0 saturated carbocycles. The average Bonchev–Trinajstić information content (AvgIpc) is 3.15. The molecule has 184 valence electrons. The van der Waals surface area contributed by atoms with Crippen LogP contribution < -0.4 is 5.43 Å². The summed E-state index contributed by atoms with van der Waals surface area (Å²) < 4.78 is 42.7. The van der Waals surface area contributed by atoms with Crippen molar-refractivity contribution in [2.75, 3.05) is 20.1 Å². The van der Waals surface area contributed by atoms with Crippen molar-refractivity contribution >= 4 is 16.9 Å². The lowest BCUT2D eigenvalue weighted by atomic mass is 9.85. The number of phenols is 2. The highest BCUT2D eigenvalue weighted by atomic mass is 19.4. The van der Waals surface area contributed by atoms with E-state index in [0.29, 0.717) is 30.0 Å². The number of carboxylic acids is 1. The van der Waals surface area contributed by atoms with E-state index >= 15 is 0 Å². The minimum absolute atomic E-state index is 0.0297. The van der Waals surface area contributed by atoms with Gasteiger partial charge in [-0.05, 0) is 26.9 Å². The van der Waals surface area contributed by atoms with Crippen LogP contribution in [0.3, 0.4) is 0 Å². The van der Waals surface area contributed by atoms with Crippen LogP contribution in [0.1, 0.15) is 23.7 Å². The number of aromatic hydroxyl groups is 2. The van der Waals surface area contributed by atoms with Gasteiger partial charge in [-0.2, -0.15) is 13.2 Å². The zero-order chi connectivity index (χ0) is 25.4. The Hall–Kier alpha value is -3.58. The number of benzene rings is 1. The van der Waals surface area contributed by atoms with E-state index in [1.807, 2.05) is 11.9 Å². The van der Waals surface area contributed by atoms with Crippen LogP contribution in [0.4, 0.5) is 13.2 Å². The third kappa shape index (κ3) is 5.15. The van der Waals surface area contributed by atoms with Crippen molar-refractivity contribution in [3.05, 3.63) is 39.7 Å². The first-order chi connectivity index (χ1) is 15.8. The van der Waals surface area contributed by atoms with E-state index in [4.69, 9.17) is 18.8 Å². The normalized spacial score (nSPS) is 19.0. The van der Waals surface area contributed by atoms with Crippen LogP contribution in [0.15, 0.2) is 31.9 Å². The summed E-state index contributed by atoms with van der Waals surface area (Å²) in [5, 5.41) is 42.2. The predicted molar refractivity (Wildman–Crippen MR) is 111 cm³/mol. The summed E-state index contributed by atoms with van der Waals surface area (Å²) in [6, 6.07) is 3.97. The molecule has 0 bridgehead atoms. The number of carboxylic acid groups (broad SMARTS) is 1. The number of phenolic OH excluding ortho intramolecular Hbond substituents is 2. The van der Waals surface area contributed by atoms with Crippen molar-refractivity contribution in [1.29, 1.82) is 0 Å². The van der Waals surface area contributed by atoms with E-state index in [2.05, 4.69) is 5.16 Å². The van der Waals surface area contributed by atoms with Crippen LogP contribution >= 0.6 is 0 Å². The van der Waals surface area contributed by atoms with Crippen LogP contribution in [-0.4, -0.2) is 68.9 Å². The molecule has 1 saturated heterocycles. The molecule has 0 aliphatic carbocycles. The fourth-order valence-electron chi connectivity index (χ4n) is 3.72. The van der Waals surface area contributed by atoms with Crippen LogP contribution in [0.5, 0.6) is 11.5 Å². The molecule has 2 atom stereocenters. The van der Waals surface area contributed by atoms with E-state index in [1.165, 1.54) is 6.07 Å². The van der Waals surface area contributed by atoms with Crippen LogP contribution in [0.2, 0.25) is 0 Å². The van der Waals surface area contributed by atoms with Crippen LogP contribution in [0.25, 0.3) is 22.4 Å². The van der Waals surface area contributed by atoms with Crippen molar-refractivity contribution in [3.8, 4) is 23.0 Å². The molecule has 0 amide bonds. The summed E-state index contributed by atoms with van der Waals surface area (Å²) in [6.07, 6.45) is -5.26. The Bertz CT molecular complexity index is 1270. The first-order valence-corrected chi connectivity index (χ1v) is 9.92. The predicted octanol–water partition coefficient (Wildman–Crippen LogP) is 2.58. The number of likely N-dealkylation sites (tertiary alicyclic amines) is 1. The molecule has 34 heavy (non-hydrogen) atoms. The van der Waals surface area contributed by atoms with Crippen molar-refractivity contribution in [1.82, 2.24) is 10.1 Å². The molecule has 10 nitrogen and oxygen atoms in total. The number of nitrogens with zero attached hydrogens (tertiary/aromatic N) is 2. The second-order valence-electron chi connectivity index (χ2n) is 7.86. The smallest absolute Gasteiger partial charge is 0.490 e. The molecule has 0 radical (unpaired) electrons. The van der Waals surface area contributed by atoms with Crippen molar-refractivity contribution < 1.29 is 47.3 Å². The second-order valence-corrected chi connectivity index (χ2v) is 7.86. The summed E-state index contributed by atoms with van der Waals surface area (Å²) in [5.74, 6) is -3.06. The molecule has 13 heteroatoms. The largest absolute Gasteiger partial charge is 0.507 e. The van der Waals surface area contributed by atoms with Gasteiger partial charge in [0.2, 0.25) is 0 Å². The molecule has 1 aliphatic heterocycles. The molecule has 1 fully saturated rings. The Kier molecular flexibility index (Phi) is 6.89. The van der Waals surface area contributed by atoms with Gasteiger partial charge in [0.25, 0.3) is 0 Å². The zero-order valence-electron chi connectivity index (χ0n) is 18.0. The Morgan fingerprint density at radius 1 is 1.21 bits per heavy atom. The number of fused-ring (bicyclic) bond motifs is 1. The Morgan fingerprint density at radius 2 is 1.85 bits per heavy atom. The molecule has 4 rings (SSSR count). The average molecular weight is 486 g/mol. The number of hydrogen-bond acceptors (Lipinski definition) is 9. The molecule has 2 aromatic heterocycles. The van der Waals surface area contributed by atoms with E-state index < -0.39 is 29.6 Å². The molecule has 0 spiro atoms. The number of rotatable bonds is 2. The summed E-state index contributed by atoms with van der Waals surface area (Å²) in [4.78, 5) is 23.5. The third-order valence-electron chi connectivity index (χ3n) is 5.28. The number of alkyl halides is 3. The number of aliphatic hydroxyl groups excluding tert-OH is 1. The highest BCUT2D eigenvalue weighted by Crippen LogP contribution is 2.42. The maximum absolute atomic E-state index is 12.6. The molecular formula is C21H21F3N2O8. The number of aliphatic hydroxyl groups is 1. The van der Waals surface area contributed by atoms with Crippen LogP contribution in [-0.2, 0) is 4.79 Å². The van der Waals surface area contributed by atoms with Gasteiger partial charge in [0.05, 0.1) is 6.10 Å². The fraction of sp³-hybridized carbons (Fsp3) is 0.381.